The lowest BCUT2D eigenvalue weighted by molar-refractivity contribution is 0.592. The fourth-order valence-electron chi connectivity index (χ4n) is 1.94. The SMILES string of the molecule is Cc1n[nH]c(C)c1C(N)CC1CC1. The van der Waals surface area contributed by atoms with Crippen LogP contribution in [0.1, 0.15) is 42.3 Å². The number of rotatable bonds is 3. The first-order valence-corrected chi connectivity index (χ1v) is 4.95. The van der Waals surface area contributed by atoms with E-state index < -0.39 is 0 Å². The number of H-pyrrole nitrogens is 1. The van der Waals surface area contributed by atoms with Gasteiger partial charge >= 0.3 is 0 Å². The van der Waals surface area contributed by atoms with Gasteiger partial charge in [0.2, 0.25) is 0 Å². The molecule has 1 fully saturated rings. The van der Waals surface area contributed by atoms with Crippen molar-refractivity contribution in [3.63, 3.8) is 0 Å². The molecule has 1 atom stereocenters. The minimum absolute atomic E-state index is 0.186. The molecule has 0 aliphatic heterocycles. The number of hydrogen-bond donors (Lipinski definition) is 2. The minimum Gasteiger partial charge on any atom is -0.324 e. The van der Waals surface area contributed by atoms with Crippen LogP contribution in [0.3, 0.4) is 0 Å². The van der Waals surface area contributed by atoms with Gasteiger partial charge in [0, 0.05) is 17.3 Å². The van der Waals surface area contributed by atoms with E-state index in [0.29, 0.717) is 0 Å². The number of aryl methyl sites for hydroxylation is 2. The molecule has 1 heterocycles. The van der Waals surface area contributed by atoms with Crippen LogP contribution >= 0.6 is 0 Å². The van der Waals surface area contributed by atoms with Crippen molar-refractivity contribution in [2.45, 2.75) is 39.2 Å². The van der Waals surface area contributed by atoms with Crippen LogP contribution in [0.4, 0.5) is 0 Å². The van der Waals surface area contributed by atoms with Crippen molar-refractivity contribution in [2.24, 2.45) is 11.7 Å². The van der Waals surface area contributed by atoms with E-state index in [1.807, 2.05) is 13.8 Å². The predicted molar refractivity (Wildman–Crippen MR) is 52.3 cm³/mol. The molecule has 1 aliphatic carbocycles. The molecule has 1 saturated carbocycles. The Bertz CT molecular complexity index is 280. The van der Waals surface area contributed by atoms with Crippen molar-refractivity contribution in [3.05, 3.63) is 17.0 Å². The van der Waals surface area contributed by atoms with Crippen molar-refractivity contribution in [2.75, 3.05) is 0 Å². The van der Waals surface area contributed by atoms with Crippen molar-refractivity contribution in [3.8, 4) is 0 Å². The monoisotopic (exact) mass is 179 g/mol. The number of aromatic amines is 1. The lowest BCUT2D eigenvalue weighted by Gasteiger charge is -2.10. The maximum absolute atomic E-state index is 6.12. The summed E-state index contributed by atoms with van der Waals surface area (Å²) in [4.78, 5) is 0. The van der Waals surface area contributed by atoms with E-state index in [0.717, 1.165) is 23.7 Å². The van der Waals surface area contributed by atoms with Crippen LogP contribution in [0.5, 0.6) is 0 Å². The Balaban J connectivity index is 2.12. The van der Waals surface area contributed by atoms with E-state index in [4.69, 9.17) is 5.73 Å². The second kappa shape index (κ2) is 3.14. The third-order valence-corrected chi connectivity index (χ3v) is 2.84. The summed E-state index contributed by atoms with van der Waals surface area (Å²) in [6, 6.07) is 0.186. The lowest BCUT2D eigenvalue weighted by atomic mass is 10.0. The highest BCUT2D eigenvalue weighted by molar-refractivity contribution is 5.26. The van der Waals surface area contributed by atoms with Crippen molar-refractivity contribution in [1.82, 2.24) is 10.2 Å². The average molecular weight is 179 g/mol. The summed E-state index contributed by atoms with van der Waals surface area (Å²) < 4.78 is 0. The van der Waals surface area contributed by atoms with Crippen molar-refractivity contribution < 1.29 is 0 Å². The molecule has 0 aromatic carbocycles. The van der Waals surface area contributed by atoms with Gasteiger partial charge in [-0.3, -0.25) is 5.10 Å². The molecule has 1 unspecified atom stereocenters. The van der Waals surface area contributed by atoms with E-state index in [1.165, 1.54) is 18.4 Å². The Morgan fingerprint density at radius 1 is 1.54 bits per heavy atom. The number of hydrogen-bond acceptors (Lipinski definition) is 2. The molecular weight excluding hydrogens is 162 g/mol. The Labute approximate surface area is 78.7 Å². The lowest BCUT2D eigenvalue weighted by Crippen LogP contribution is -2.12. The summed E-state index contributed by atoms with van der Waals surface area (Å²) in [5.41, 5.74) is 9.54. The highest BCUT2D eigenvalue weighted by Gasteiger charge is 2.26. The maximum atomic E-state index is 6.12. The van der Waals surface area contributed by atoms with Gasteiger partial charge in [-0.15, -0.1) is 0 Å². The maximum Gasteiger partial charge on any atom is 0.0641 e. The molecule has 3 N–H and O–H groups in total. The van der Waals surface area contributed by atoms with Crippen LogP contribution in [-0.2, 0) is 0 Å². The number of aromatic nitrogens is 2. The molecule has 3 nitrogen and oxygen atoms in total. The molecule has 72 valence electrons. The third kappa shape index (κ3) is 1.75. The smallest absolute Gasteiger partial charge is 0.0641 e. The van der Waals surface area contributed by atoms with Gasteiger partial charge in [-0.2, -0.15) is 5.10 Å². The van der Waals surface area contributed by atoms with Crippen LogP contribution in [0.2, 0.25) is 0 Å². The first kappa shape index (κ1) is 8.75. The Morgan fingerprint density at radius 3 is 2.69 bits per heavy atom. The van der Waals surface area contributed by atoms with Crippen LogP contribution in [0.25, 0.3) is 0 Å². The average Bonchev–Trinajstić information content (AvgIpc) is 2.79. The van der Waals surface area contributed by atoms with Gasteiger partial charge in [0.05, 0.1) is 5.69 Å². The van der Waals surface area contributed by atoms with Gasteiger partial charge in [-0.25, -0.2) is 0 Å². The zero-order valence-corrected chi connectivity index (χ0v) is 8.30. The fraction of sp³-hybridized carbons (Fsp3) is 0.700. The predicted octanol–water partition coefficient (Wildman–Crippen LogP) is 1.83. The van der Waals surface area contributed by atoms with Crippen LogP contribution in [0, 0.1) is 19.8 Å². The summed E-state index contributed by atoms with van der Waals surface area (Å²) in [5.74, 6) is 0.878. The Hall–Kier alpha value is -0.830. The number of nitrogens with one attached hydrogen (secondary N) is 1. The Morgan fingerprint density at radius 2 is 2.23 bits per heavy atom. The largest absolute Gasteiger partial charge is 0.324 e. The van der Waals surface area contributed by atoms with Crippen molar-refractivity contribution in [1.29, 1.82) is 0 Å². The first-order chi connectivity index (χ1) is 6.18. The highest BCUT2D eigenvalue weighted by atomic mass is 15.1. The van der Waals surface area contributed by atoms with Gasteiger partial charge in [-0.1, -0.05) is 12.8 Å². The van der Waals surface area contributed by atoms with Gasteiger partial charge in [-0.05, 0) is 26.2 Å². The summed E-state index contributed by atoms with van der Waals surface area (Å²) in [6.45, 7) is 4.06. The minimum atomic E-state index is 0.186. The molecule has 1 aromatic rings. The molecule has 0 bridgehead atoms. The van der Waals surface area contributed by atoms with E-state index in [-0.39, 0.29) is 6.04 Å². The molecule has 1 aromatic heterocycles. The van der Waals surface area contributed by atoms with E-state index in [9.17, 15) is 0 Å². The topological polar surface area (TPSA) is 54.7 Å². The summed E-state index contributed by atoms with van der Waals surface area (Å²) >= 11 is 0. The quantitative estimate of drug-likeness (QED) is 0.743. The van der Waals surface area contributed by atoms with Crippen LogP contribution < -0.4 is 5.73 Å². The normalized spacial score (nSPS) is 19.0. The molecule has 2 rings (SSSR count). The number of nitrogens with two attached hydrogens (primary N) is 1. The molecule has 0 radical (unpaired) electrons. The third-order valence-electron chi connectivity index (χ3n) is 2.84. The van der Waals surface area contributed by atoms with Gasteiger partial charge in [0.1, 0.15) is 0 Å². The molecule has 3 heteroatoms. The van der Waals surface area contributed by atoms with Crippen LogP contribution in [0.15, 0.2) is 0 Å². The number of nitrogens with zero attached hydrogens (tertiary/aromatic N) is 1. The molecule has 0 spiro atoms. The molecular formula is C10H17N3. The fourth-order valence-corrected chi connectivity index (χ4v) is 1.94. The summed E-state index contributed by atoms with van der Waals surface area (Å²) in [6.07, 6.45) is 3.86. The molecule has 13 heavy (non-hydrogen) atoms. The van der Waals surface area contributed by atoms with Gasteiger partial charge in [0.25, 0.3) is 0 Å². The summed E-state index contributed by atoms with van der Waals surface area (Å²) in [7, 11) is 0. The Kier molecular flexibility index (Phi) is 2.12. The highest BCUT2D eigenvalue weighted by Crippen LogP contribution is 2.37. The zero-order valence-electron chi connectivity index (χ0n) is 8.30. The van der Waals surface area contributed by atoms with E-state index >= 15 is 0 Å². The van der Waals surface area contributed by atoms with Crippen molar-refractivity contribution >= 4 is 0 Å². The molecule has 0 amide bonds. The van der Waals surface area contributed by atoms with E-state index in [1.54, 1.807) is 0 Å². The van der Waals surface area contributed by atoms with Crippen LogP contribution in [-0.4, -0.2) is 10.2 Å². The van der Waals surface area contributed by atoms with Gasteiger partial charge in [0.15, 0.2) is 0 Å². The first-order valence-electron chi connectivity index (χ1n) is 4.95. The molecule has 0 saturated heterocycles. The van der Waals surface area contributed by atoms with Gasteiger partial charge < -0.3 is 5.73 Å². The van der Waals surface area contributed by atoms with E-state index in [2.05, 4.69) is 10.2 Å². The molecule has 1 aliphatic rings. The standard InChI is InChI=1S/C10H17N3/c1-6-10(7(2)13-12-6)9(11)5-8-3-4-8/h8-9H,3-5,11H2,1-2H3,(H,12,13). The summed E-state index contributed by atoms with van der Waals surface area (Å²) in [5, 5.41) is 7.14. The second-order valence-corrected chi connectivity index (χ2v) is 4.13. The zero-order chi connectivity index (χ0) is 9.42. The second-order valence-electron chi connectivity index (χ2n) is 4.13.